The Morgan fingerprint density at radius 3 is 2.80 bits per heavy atom. The zero-order chi connectivity index (χ0) is 21.6. The molecule has 4 N–H and O–H groups in total. The number of anilines is 3. The van der Waals surface area contributed by atoms with E-state index in [4.69, 9.17) is 0 Å². The van der Waals surface area contributed by atoms with E-state index in [1.807, 2.05) is 24.4 Å². The molecule has 30 heavy (non-hydrogen) atoms. The average molecular weight is 512 g/mol. The van der Waals surface area contributed by atoms with Crippen molar-refractivity contribution in [3.05, 3.63) is 57.3 Å². The van der Waals surface area contributed by atoms with Gasteiger partial charge in [-0.1, -0.05) is 19.1 Å². The van der Waals surface area contributed by atoms with Gasteiger partial charge in [0.25, 0.3) is 0 Å². The van der Waals surface area contributed by atoms with E-state index in [0.717, 1.165) is 11.3 Å². The molecule has 0 saturated heterocycles. The Hall–Kier alpha value is -2.05. The molecule has 0 radical (unpaired) electrons. The minimum atomic E-state index is -3.66. The highest BCUT2D eigenvalue weighted by atomic mass is 79.9. The molecule has 3 rings (SSSR count). The third-order valence-electron chi connectivity index (χ3n) is 4.22. The quantitative estimate of drug-likeness (QED) is 0.327. The molecule has 0 aliphatic rings. The van der Waals surface area contributed by atoms with Gasteiger partial charge in [0.2, 0.25) is 16.0 Å². The zero-order valence-electron chi connectivity index (χ0n) is 16.2. The number of hydrogen-bond donors (Lipinski definition) is 4. The fourth-order valence-corrected chi connectivity index (χ4v) is 4.62. The van der Waals surface area contributed by atoms with Crippen LogP contribution >= 0.6 is 27.3 Å². The van der Waals surface area contributed by atoms with Crippen LogP contribution in [0.3, 0.4) is 0 Å². The van der Waals surface area contributed by atoms with Crippen LogP contribution in [0.15, 0.2) is 57.3 Å². The molecule has 0 saturated carbocycles. The molecule has 0 fully saturated rings. The SMILES string of the molecule is CC[C@H](CO)Nc1nc(Nc2cccc(S(=O)(=O)NCc3cccs3)c2)ncc1Br. The van der Waals surface area contributed by atoms with Gasteiger partial charge in [0.1, 0.15) is 5.82 Å². The molecule has 160 valence electrons. The zero-order valence-corrected chi connectivity index (χ0v) is 19.4. The van der Waals surface area contributed by atoms with Crippen LogP contribution in [0.1, 0.15) is 18.2 Å². The second-order valence-electron chi connectivity index (χ2n) is 6.38. The maximum Gasteiger partial charge on any atom is 0.240 e. The first kappa shape index (κ1) is 22.6. The molecule has 2 heterocycles. The molecule has 0 spiro atoms. The van der Waals surface area contributed by atoms with E-state index in [9.17, 15) is 13.5 Å². The highest BCUT2D eigenvalue weighted by Crippen LogP contribution is 2.24. The number of nitrogens with zero attached hydrogens (tertiary/aromatic N) is 2. The number of thiophene rings is 1. The highest BCUT2D eigenvalue weighted by Gasteiger charge is 2.15. The molecule has 0 amide bonds. The second kappa shape index (κ2) is 10.3. The van der Waals surface area contributed by atoms with Crippen molar-refractivity contribution < 1.29 is 13.5 Å². The average Bonchev–Trinajstić information content (AvgIpc) is 3.27. The van der Waals surface area contributed by atoms with Gasteiger partial charge in [-0.25, -0.2) is 18.1 Å². The van der Waals surface area contributed by atoms with Gasteiger partial charge in [0, 0.05) is 23.3 Å². The van der Waals surface area contributed by atoms with Crippen molar-refractivity contribution in [2.24, 2.45) is 0 Å². The maximum atomic E-state index is 12.6. The monoisotopic (exact) mass is 511 g/mol. The summed E-state index contributed by atoms with van der Waals surface area (Å²) in [6.45, 7) is 2.18. The molecule has 11 heteroatoms. The van der Waals surface area contributed by atoms with E-state index < -0.39 is 10.0 Å². The lowest BCUT2D eigenvalue weighted by molar-refractivity contribution is 0.271. The summed E-state index contributed by atoms with van der Waals surface area (Å²) < 4.78 is 28.5. The third-order valence-corrected chi connectivity index (χ3v) is 7.07. The van der Waals surface area contributed by atoms with Crippen LogP contribution in [-0.2, 0) is 16.6 Å². The topological polar surface area (TPSA) is 116 Å². The molecular weight excluding hydrogens is 490 g/mol. The van der Waals surface area contributed by atoms with Gasteiger partial charge in [-0.15, -0.1) is 11.3 Å². The van der Waals surface area contributed by atoms with E-state index in [-0.39, 0.29) is 24.1 Å². The first-order chi connectivity index (χ1) is 14.4. The van der Waals surface area contributed by atoms with Crippen LogP contribution < -0.4 is 15.4 Å². The number of halogens is 1. The van der Waals surface area contributed by atoms with Crippen LogP contribution in [-0.4, -0.2) is 36.1 Å². The van der Waals surface area contributed by atoms with Gasteiger partial charge < -0.3 is 15.7 Å². The normalized spacial score (nSPS) is 12.5. The van der Waals surface area contributed by atoms with Crippen LogP contribution in [0.5, 0.6) is 0 Å². The van der Waals surface area contributed by atoms with Crippen LogP contribution in [0, 0.1) is 0 Å². The summed E-state index contributed by atoms with van der Waals surface area (Å²) in [5.74, 6) is 0.837. The number of aliphatic hydroxyl groups excluding tert-OH is 1. The van der Waals surface area contributed by atoms with E-state index in [0.29, 0.717) is 21.9 Å². The number of sulfonamides is 1. The third kappa shape index (κ3) is 5.99. The summed E-state index contributed by atoms with van der Waals surface area (Å²) in [6, 6.07) is 10.1. The number of benzene rings is 1. The molecule has 2 aromatic heterocycles. The van der Waals surface area contributed by atoms with Gasteiger partial charge >= 0.3 is 0 Å². The van der Waals surface area contributed by atoms with Crippen molar-refractivity contribution in [1.29, 1.82) is 0 Å². The van der Waals surface area contributed by atoms with Crippen LogP contribution in [0.2, 0.25) is 0 Å². The lowest BCUT2D eigenvalue weighted by Crippen LogP contribution is -2.23. The minimum absolute atomic E-state index is 0.0198. The van der Waals surface area contributed by atoms with Crippen molar-refractivity contribution in [3.63, 3.8) is 0 Å². The van der Waals surface area contributed by atoms with Gasteiger partial charge in [-0.2, -0.15) is 4.98 Å². The maximum absolute atomic E-state index is 12.6. The summed E-state index contributed by atoms with van der Waals surface area (Å²) >= 11 is 4.88. The summed E-state index contributed by atoms with van der Waals surface area (Å²) in [6.07, 6.45) is 2.32. The molecule has 3 aromatic rings. The first-order valence-electron chi connectivity index (χ1n) is 9.20. The smallest absolute Gasteiger partial charge is 0.240 e. The molecule has 1 aromatic carbocycles. The summed E-state index contributed by atoms with van der Waals surface area (Å²) in [4.78, 5) is 9.71. The van der Waals surface area contributed by atoms with Crippen LogP contribution in [0.4, 0.5) is 17.5 Å². The van der Waals surface area contributed by atoms with E-state index >= 15 is 0 Å². The lowest BCUT2D eigenvalue weighted by Gasteiger charge is -2.16. The predicted octanol–water partition coefficient (Wildman–Crippen LogP) is 3.71. The number of hydrogen-bond acceptors (Lipinski definition) is 8. The van der Waals surface area contributed by atoms with Gasteiger partial charge in [0.05, 0.1) is 22.0 Å². The second-order valence-corrected chi connectivity index (χ2v) is 10.0. The van der Waals surface area contributed by atoms with E-state index in [2.05, 4.69) is 41.3 Å². The number of nitrogens with one attached hydrogen (secondary N) is 3. The Morgan fingerprint density at radius 2 is 2.10 bits per heavy atom. The molecule has 8 nitrogen and oxygen atoms in total. The Labute approximate surface area is 188 Å². The molecule has 0 bridgehead atoms. The fourth-order valence-electron chi connectivity index (χ4n) is 2.53. The summed E-state index contributed by atoms with van der Waals surface area (Å²) in [5.41, 5.74) is 0.538. The van der Waals surface area contributed by atoms with Crippen molar-refractivity contribution in [1.82, 2.24) is 14.7 Å². The molecule has 0 aliphatic carbocycles. The number of rotatable bonds is 10. The van der Waals surface area contributed by atoms with Gasteiger partial charge in [0.15, 0.2) is 0 Å². The van der Waals surface area contributed by atoms with Crippen molar-refractivity contribution >= 4 is 54.7 Å². The van der Waals surface area contributed by atoms with Gasteiger partial charge in [-0.05, 0) is 52.0 Å². The summed E-state index contributed by atoms with van der Waals surface area (Å²) in [5, 5.41) is 17.5. The summed E-state index contributed by atoms with van der Waals surface area (Å²) in [7, 11) is -3.66. The number of aliphatic hydroxyl groups is 1. The first-order valence-corrected chi connectivity index (χ1v) is 12.4. The Morgan fingerprint density at radius 1 is 1.27 bits per heavy atom. The van der Waals surface area contributed by atoms with Crippen LogP contribution in [0.25, 0.3) is 0 Å². The highest BCUT2D eigenvalue weighted by molar-refractivity contribution is 9.10. The Balaban J connectivity index is 1.75. The largest absolute Gasteiger partial charge is 0.394 e. The Bertz CT molecular complexity index is 1070. The molecular formula is C19H22BrN5O3S2. The Kier molecular flexibility index (Phi) is 7.78. The number of aromatic nitrogens is 2. The predicted molar refractivity (Wildman–Crippen MR) is 123 cm³/mol. The standard InChI is InChI=1S/C19H22BrN5O3S2/c1-2-13(12-26)23-18-17(20)11-21-19(25-18)24-14-5-3-7-16(9-14)30(27,28)22-10-15-6-4-8-29-15/h3-9,11,13,22,26H,2,10,12H2,1H3,(H2,21,23,24,25)/t13-/m1/s1. The minimum Gasteiger partial charge on any atom is -0.394 e. The van der Waals surface area contributed by atoms with Crippen molar-refractivity contribution in [2.45, 2.75) is 30.8 Å². The molecule has 1 atom stereocenters. The molecule has 0 unspecified atom stereocenters. The fraction of sp³-hybridized carbons (Fsp3) is 0.263. The van der Waals surface area contributed by atoms with Gasteiger partial charge in [-0.3, -0.25) is 0 Å². The lowest BCUT2D eigenvalue weighted by atomic mass is 10.2. The molecule has 0 aliphatic heterocycles. The van der Waals surface area contributed by atoms with E-state index in [1.165, 1.54) is 23.5 Å². The van der Waals surface area contributed by atoms with Crippen molar-refractivity contribution in [2.75, 3.05) is 17.2 Å². The van der Waals surface area contributed by atoms with E-state index in [1.54, 1.807) is 18.3 Å². The van der Waals surface area contributed by atoms with Crippen molar-refractivity contribution in [3.8, 4) is 0 Å².